The molecule has 1 N–H and O–H groups in total. The first-order valence-electron chi connectivity index (χ1n) is 8.77. The highest BCUT2D eigenvalue weighted by Gasteiger charge is 2.22. The number of benzene rings is 2. The second-order valence-electron chi connectivity index (χ2n) is 6.33. The first kappa shape index (κ1) is 16.4. The highest BCUT2D eigenvalue weighted by molar-refractivity contribution is 6.07. The number of rotatable bonds is 4. The first-order chi connectivity index (χ1) is 12.8. The van der Waals surface area contributed by atoms with Crippen LogP contribution in [0.1, 0.15) is 34.5 Å². The van der Waals surface area contributed by atoms with Crippen LogP contribution >= 0.6 is 0 Å². The van der Waals surface area contributed by atoms with E-state index < -0.39 is 0 Å². The van der Waals surface area contributed by atoms with Gasteiger partial charge in [0.15, 0.2) is 17.8 Å². The third-order valence-corrected chi connectivity index (χ3v) is 4.78. The van der Waals surface area contributed by atoms with Gasteiger partial charge in [-0.05, 0) is 55.0 Å². The van der Waals surface area contributed by atoms with Crippen LogP contribution in [0.3, 0.4) is 0 Å². The molecule has 5 heteroatoms. The number of carbonyl (C=O) groups is 1. The standard InChI is InChI=1S/C21H20N2O3/c1-25-18-12-5-4-10-16(18)20-19(22-13-26-20)21(24)23-17-11-6-8-14-7-2-3-9-15(14)17/h4-6,8,10-13H,2-3,7,9H2,1H3,(H,23,24). The van der Waals surface area contributed by atoms with E-state index in [0.717, 1.165) is 24.9 Å². The van der Waals surface area contributed by atoms with Gasteiger partial charge in [-0.3, -0.25) is 4.79 Å². The predicted octanol–water partition coefficient (Wildman–Crippen LogP) is 4.48. The first-order valence-corrected chi connectivity index (χ1v) is 8.77. The Hall–Kier alpha value is -3.08. The van der Waals surface area contributed by atoms with Crippen LogP contribution < -0.4 is 10.1 Å². The largest absolute Gasteiger partial charge is 0.496 e. The topological polar surface area (TPSA) is 64.4 Å². The monoisotopic (exact) mass is 348 g/mol. The number of nitrogens with one attached hydrogen (secondary N) is 1. The Balaban J connectivity index is 1.66. The zero-order chi connectivity index (χ0) is 17.9. The lowest BCUT2D eigenvalue weighted by atomic mass is 9.90. The summed E-state index contributed by atoms with van der Waals surface area (Å²) in [6.07, 6.45) is 5.69. The van der Waals surface area contributed by atoms with Gasteiger partial charge in [0.2, 0.25) is 0 Å². The lowest BCUT2D eigenvalue weighted by Gasteiger charge is -2.19. The zero-order valence-corrected chi connectivity index (χ0v) is 14.6. The van der Waals surface area contributed by atoms with Crippen LogP contribution in [0.15, 0.2) is 53.3 Å². The molecule has 0 spiro atoms. The van der Waals surface area contributed by atoms with Crippen molar-refractivity contribution >= 4 is 11.6 Å². The Morgan fingerprint density at radius 3 is 2.85 bits per heavy atom. The number of methoxy groups -OCH3 is 1. The van der Waals surface area contributed by atoms with Crippen molar-refractivity contribution in [2.75, 3.05) is 12.4 Å². The van der Waals surface area contributed by atoms with E-state index in [1.807, 2.05) is 36.4 Å². The molecule has 0 saturated heterocycles. The van der Waals surface area contributed by atoms with Crippen LogP contribution in [-0.4, -0.2) is 18.0 Å². The summed E-state index contributed by atoms with van der Waals surface area (Å²) in [6.45, 7) is 0. The molecule has 3 aromatic rings. The van der Waals surface area contributed by atoms with Crippen LogP contribution in [-0.2, 0) is 12.8 Å². The smallest absolute Gasteiger partial charge is 0.278 e. The highest BCUT2D eigenvalue weighted by atomic mass is 16.5. The lowest BCUT2D eigenvalue weighted by molar-refractivity contribution is 0.102. The summed E-state index contributed by atoms with van der Waals surface area (Å²) in [6, 6.07) is 13.5. The Labute approximate surface area is 152 Å². The van der Waals surface area contributed by atoms with E-state index in [4.69, 9.17) is 9.15 Å². The number of oxazole rings is 1. The number of hydrogen-bond acceptors (Lipinski definition) is 4. The number of carbonyl (C=O) groups excluding carboxylic acids is 1. The van der Waals surface area contributed by atoms with E-state index in [2.05, 4.69) is 16.4 Å². The Bertz CT molecular complexity index is 946. The number of aromatic nitrogens is 1. The minimum Gasteiger partial charge on any atom is -0.496 e. The Morgan fingerprint density at radius 1 is 1.12 bits per heavy atom. The molecule has 0 radical (unpaired) electrons. The molecule has 26 heavy (non-hydrogen) atoms. The van der Waals surface area contributed by atoms with Crippen molar-refractivity contribution in [1.82, 2.24) is 4.98 Å². The van der Waals surface area contributed by atoms with Crippen LogP contribution in [0, 0.1) is 0 Å². The summed E-state index contributed by atoms with van der Waals surface area (Å²) < 4.78 is 10.9. The molecule has 1 aliphatic rings. The molecule has 0 unspecified atom stereocenters. The molecule has 0 atom stereocenters. The van der Waals surface area contributed by atoms with Gasteiger partial charge in [-0.15, -0.1) is 0 Å². The molecular formula is C21H20N2O3. The Morgan fingerprint density at radius 2 is 1.96 bits per heavy atom. The van der Waals surface area contributed by atoms with Crippen molar-refractivity contribution in [3.63, 3.8) is 0 Å². The molecule has 5 nitrogen and oxygen atoms in total. The normalized spacial score (nSPS) is 13.1. The minimum atomic E-state index is -0.279. The minimum absolute atomic E-state index is 0.253. The summed E-state index contributed by atoms with van der Waals surface area (Å²) in [5, 5.41) is 3.02. The molecule has 0 aliphatic heterocycles. The number of nitrogens with zero attached hydrogens (tertiary/aromatic N) is 1. The maximum absolute atomic E-state index is 12.9. The van der Waals surface area contributed by atoms with Gasteiger partial charge in [0.05, 0.1) is 12.7 Å². The van der Waals surface area contributed by atoms with Gasteiger partial charge in [0.1, 0.15) is 5.75 Å². The van der Waals surface area contributed by atoms with E-state index >= 15 is 0 Å². The summed E-state index contributed by atoms with van der Waals surface area (Å²) in [4.78, 5) is 17.0. The highest BCUT2D eigenvalue weighted by Crippen LogP contribution is 2.33. The average Bonchev–Trinajstić information content (AvgIpc) is 3.18. The van der Waals surface area contributed by atoms with Crippen LogP contribution in [0.2, 0.25) is 0 Å². The van der Waals surface area contributed by atoms with Gasteiger partial charge in [-0.2, -0.15) is 0 Å². The number of ether oxygens (including phenoxy) is 1. The van der Waals surface area contributed by atoms with Crippen LogP contribution in [0.25, 0.3) is 11.3 Å². The maximum Gasteiger partial charge on any atom is 0.278 e. The number of amides is 1. The Kier molecular flexibility index (Phi) is 4.44. The molecule has 4 rings (SSSR count). The summed E-state index contributed by atoms with van der Waals surface area (Å²) in [5.41, 5.74) is 4.37. The molecule has 1 amide bonds. The zero-order valence-electron chi connectivity index (χ0n) is 14.6. The van der Waals surface area contributed by atoms with Crippen molar-refractivity contribution in [3.8, 4) is 17.1 Å². The third kappa shape index (κ3) is 2.96. The molecule has 1 aliphatic carbocycles. The van der Waals surface area contributed by atoms with Gasteiger partial charge in [0, 0.05) is 5.69 Å². The van der Waals surface area contributed by atoms with Crippen molar-refractivity contribution in [2.45, 2.75) is 25.7 Å². The second-order valence-corrected chi connectivity index (χ2v) is 6.33. The third-order valence-electron chi connectivity index (χ3n) is 4.78. The SMILES string of the molecule is COc1ccccc1-c1ocnc1C(=O)Nc1cccc2c1CCCC2. The molecule has 0 bridgehead atoms. The molecular weight excluding hydrogens is 328 g/mol. The van der Waals surface area contributed by atoms with Gasteiger partial charge >= 0.3 is 0 Å². The van der Waals surface area contributed by atoms with E-state index in [-0.39, 0.29) is 11.6 Å². The number of fused-ring (bicyclic) bond motifs is 1. The van der Waals surface area contributed by atoms with Crippen LogP contribution in [0.4, 0.5) is 5.69 Å². The lowest BCUT2D eigenvalue weighted by Crippen LogP contribution is -2.16. The van der Waals surface area contributed by atoms with Gasteiger partial charge in [-0.1, -0.05) is 24.3 Å². The van der Waals surface area contributed by atoms with E-state index in [1.165, 1.54) is 23.9 Å². The van der Waals surface area contributed by atoms with E-state index in [9.17, 15) is 4.79 Å². The quantitative estimate of drug-likeness (QED) is 0.755. The number of aryl methyl sites for hydroxylation is 1. The van der Waals surface area contributed by atoms with Crippen molar-refractivity contribution in [2.24, 2.45) is 0 Å². The fourth-order valence-electron chi connectivity index (χ4n) is 3.51. The van der Waals surface area contributed by atoms with Crippen molar-refractivity contribution < 1.29 is 13.9 Å². The van der Waals surface area contributed by atoms with Crippen molar-refractivity contribution in [1.29, 1.82) is 0 Å². The molecule has 2 aromatic carbocycles. The maximum atomic E-state index is 12.9. The van der Waals surface area contributed by atoms with Crippen LogP contribution in [0.5, 0.6) is 5.75 Å². The summed E-state index contributed by atoms with van der Waals surface area (Å²) in [7, 11) is 1.59. The fourth-order valence-corrected chi connectivity index (χ4v) is 3.51. The second kappa shape index (κ2) is 7.04. The van der Waals surface area contributed by atoms with Gasteiger partial charge in [0.25, 0.3) is 5.91 Å². The van der Waals surface area contributed by atoms with E-state index in [0.29, 0.717) is 17.1 Å². The average molecular weight is 348 g/mol. The van der Waals surface area contributed by atoms with Gasteiger partial charge in [-0.25, -0.2) is 4.98 Å². The molecule has 0 saturated carbocycles. The number of anilines is 1. The molecule has 1 heterocycles. The molecule has 1 aromatic heterocycles. The summed E-state index contributed by atoms with van der Waals surface area (Å²) in [5.74, 6) is 0.763. The molecule has 0 fully saturated rings. The van der Waals surface area contributed by atoms with Crippen molar-refractivity contribution in [3.05, 3.63) is 65.7 Å². The van der Waals surface area contributed by atoms with E-state index in [1.54, 1.807) is 7.11 Å². The summed E-state index contributed by atoms with van der Waals surface area (Å²) >= 11 is 0. The fraction of sp³-hybridized carbons (Fsp3) is 0.238. The molecule has 132 valence electrons. The number of para-hydroxylation sites is 1. The predicted molar refractivity (Wildman–Crippen MR) is 99.5 cm³/mol. The van der Waals surface area contributed by atoms with Gasteiger partial charge < -0.3 is 14.5 Å². The number of hydrogen-bond donors (Lipinski definition) is 1.